The Morgan fingerprint density at radius 2 is 2.08 bits per heavy atom. The predicted molar refractivity (Wildman–Crippen MR) is 94.7 cm³/mol. The Kier molecular flexibility index (Phi) is 4.37. The van der Waals surface area contributed by atoms with Crippen molar-refractivity contribution in [2.45, 2.75) is 25.7 Å². The molecule has 0 saturated carbocycles. The van der Waals surface area contributed by atoms with Gasteiger partial charge in [-0.1, -0.05) is 0 Å². The molecule has 4 rings (SSSR count). The summed E-state index contributed by atoms with van der Waals surface area (Å²) in [6.07, 6.45) is 6.35. The van der Waals surface area contributed by atoms with Crippen LogP contribution in [-0.4, -0.2) is 60.7 Å². The first-order valence-corrected chi connectivity index (χ1v) is 9.37. The van der Waals surface area contributed by atoms with Crippen LogP contribution in [0, 0.1) is 0 Å². The number of thiophene rings is 1. The van der Waals surface area contributed by atoms with Crippen LogP contribution in [0.3, 0.4) is 0 Å². The van der Waals surface area contributed by atoms with Crippen LogP contribution in [-0.2, 0) is 22.4 Å². The lowest BCUT2D eigenvalue weighted by molar-refractivity contribution is -0.133. The molecule has 0 spiro atoms. The average Bonchev–Trinajstić information content (AvgIpc) is 3.01. The van der Waals surface area contributed by atoms with Crippen LogP contribution in [0.2, 0.25) is 0 Å². The number of fused-ring (bicyclic) bond motifs is 3. The highest BCUT2D eigenvalue weighted by atomic mass is 32.1. The summed E-state index contributed by atoms with van der Waals surface area (Å²) in [5.74, 6) is 1.03. The number of anilines is 1. The first kappa shape index (κ1) is 15.8. The second-order valence-electron chi connectivity index (χ2n) is 6.44. The van der Waals surface area contributed by atoms with Crippen molar-refractivity contribution in [2.75, 3.05) is 44.8 Å². The summed E-state index contributed by atoms with van der Waals surface area (Å²) < 4.78 is 5.32. The molecular weight excluding hydrogens is 324 g/mol. The summed E-state index contributed by atoms with van der Waals surface area (Å²) in [5, 5.41) is 1.16. The number of morpholine rings is 1. The summed E-state index contributed by atoms with van der Waals surface area (Å²) in [6, 6.07) is 0. The smallest absolute Gasteiger partial charge is 0.242 e. The molecule has 1 saturated heterocycles. The monoisotopic (exact) mass is 346 g/mol. The Balaban J connectivity index is 1.61. The van der Waals surface area contributed by atoms with Crippen molar-refractivity contribution in [3.8, 4) is 0 Å². The number of hydrogen-bond acceptors (Lipinski definition) is 6. The Labute approximate surface area is 145 Å². The maximum Gasteiger partial charge on any atom is 0.242 e. The quantitative estimate of drug-likeness (QED) is 0.849. The van der Waals surface area contributed by atoms with Gasteiger partial charge in [-0.2, -0.15) is 0 Å². The summed E-state index contributed by atoms with van der Waals surface area (Å²) in [5.41, 5.74) is 1.41. The Hall–Kier alpha value is -1.73. The van der Waals surface area contributed by atoms with Crippen LogP contribution in [0.25, 0.3) is 10.2 Å². The number of ether oxygens (including phenoxy) is 1. The number of aromatic nitrogens is 2. The van der Waals surface area contributed by atoms with E-state index in [2.05, 4.69) is 9.97 Å². The molecule has 0 bridgehead atoms. The standard InChI is InChI=1S/C17H22N4O2S/c1-20(10-14(22)21-6-8-23-9-7-21)16-15-12-4-2-3-5-13(12)24-17(15)19-11-18-16/h11H,2-10H2,1H3. The molecule has 0 unspecified atom stereocenters. The lowest BCUT2D eigenvalue weighted by Gasteiger charge is -2.29. The second-order valence-corrected chi connectivity index (χ2v) is 7.52. The van der Waals surface area contributed by atoms with E-state index in [1.807, 2.05) is 16.8 Å². The van der Waals surface area contributed by atoms with E-state index in [1.165, 1.54) is 23.3 Å². The number of amides is 1. The molecule has 2 aliphatic rings. The number of nitrogens with zero attached hydrogens (tertiary/aromatic N) is 4. The highest BCUT2D eigenvalue weighted by molar-refractivity contribution is 7.19. The van der Waals surface area contributed by atoms with Crippen LogP contribution in [0.5, 0.6) is 0 Å². The molecule has 2 aromatic rings. The molecule has 6 nitrogen and oxygen atoms in total. The molecular formula is C17H22N4O2S. The zero-order valence-corrected chi connectivity index (χ0v) is 14.8. The molecule has 1 aliphatic carbocycles. The van der Waals surface area contributed by atoms with E-state index in [-0.39, 0.29) is 5.91 Å². The van der Waals surface area contributed by atoms with E-state index in [9.17, 15) is 4.79 Å². The van der Waals surface area contributed by atoms with Gasteiger partial charge in [-0.3, -0.25) is 4.79 Å². The highest BCUT2D eigenvalue weighted by Gasteiger charge is 2.23. The number of carbonyl (C=O) groups is 1. The SMILES string of the molecule is CN(CC(=O)N1CCOCC1)c1ncnc2sc3c(c12)CCCC3. The van der Waals surface area contributed by atoms with Gasteiger partial charge in [0, 0.05) is 25.0 Å². The van der Waals surface area contributed by atoms with Crippen molar-refractivity contribution in [3.05, 3.63) is 16.8 Å². The van der Waals surface area contributed by atoms with E-state index >= 15 is 0 Å². The van der Waals surface area contributed by atoms with Crippen LogP contribution < -0.4 is 4.90 Å². The zero-order chi connectivity index (χ0) is 16.5. The van der Waals surface area contributed by atoms with Crippen molar-refractivity contribution >= 4 is 33.3 Å². The van der Waals surface area contributed by atoms with E-state index in [4.69, 9.17) is 4.74 Å². The van der Waals surface area contributed by atoms with Crippen LogP contribution >= 0.6 is 11.3 Å². The van der Waals surface area contributed by atoms with E-state index < -0.39 is 0 Å². The molecule has 1 amide bonds. The molecule has 7 heteroatoms. The van der Waals surface area contributed by atoms with Crippen molar-refractivity contribution in [1.82, 2.24) is 14.9 Å². The largest absolute Gasteiger partial charge is 0.378 e. The van der Waals surface area contributed by atoms with Crippen LogP contribution in [0.4, 0.5) is 5.82 Å². The fourth-order valence-electron chi connectivity index (χ4n) is 3.55. The molecule has 0 aromatic carbocycles. The van der Waals surface area contributed by atoms with Gasteiger partial charge in [-0.05, 0) is 31.2 Å². The van der Waals surface area contributed by atoms with Gasteiger partial charge in [0.15, 0.2) is 0 Å². The summed E-state index contributed by atoms with van der Waals surface area (Å²) in [4.78, 5) is 27.9. The first-order valence-electron chi connectivity index (χ1n) is 8.56. The maximum atomic E-state index is 12.5. The molecule has 0 radical (unpaired) electrons. The number of rotatable bonds is 3. The average molecular weight is 346 g/mol. The Morgan fingerprint density at radius 3 is 2.92 bits per heavy atom. The molecule has 128 valence electrons. The normalized spacial score (nSPS) is 17.8. The number of hydrogen-bond donors (Lipinski definition) is 0. The summed E-state index contributed by atoms with van der Waals surface area (Å²) in [6.45, 7) is 2.96. The third kappa shape index (κ3) is 2.86. The molecule has 1 aliphatic heterocycles. The number of carbonyl (C=O) groups excluding carboxylic acids is 1. The lowest BCUT2D eigenvalue weighted by Crippen LogP contribution is -2.45. The minimum Gasteiger partial charge on any atom is -0.378 e. The zero-order valence-electron chi connectivity index (χ0n) is 14.0. The van der Waals surface area contributed by atoms with Crippen molar-refractivity contribution in [3.63, 3.8) is 0 Å². The fourth-order valence-corrected chi connectivity index (χ4v) is 4.78. The maximum absolute atomic E-state index is 12.5. The molecule has 1 fully saturated rings. The number of likely N-dealkylation sites (N-methyl/N-ethyl adjacent to an activating group) is 1. The molecule has 3 heterocycles. The molecule has 0 atom stereocenters. The third-order valence-corrected chi connectivity index (χ3v) is 6.03. The van der Waals surface area contributed by atoms with Crippen LogP contribution in [0.15, 0.2) is 6.33 Å². The second kappa shape index (κ2) is 6.64. The third-order valence-electron chi connectivity index (χ3n) is 4.83. The van der Waals surface area contributed by atoms with E-state index in [0.29, 0.717) is 32.8 Å². The van der Waals surface area contributed by atoms with Gasteiger partial charge in [0.1, 0.15) is 17.0 Å². The fraction of sp³-hybridized carbons (Fsp3) is 0.588. The van der Waals surface area contributed by atoms with Gasteiger partial charge in [-0.25, -0.2) is 9.97 Å². The summed E-state index contributed by atoms with van der Waals surface area (Å²) in [7, 11) is 1.95. The van der Waals surface area contributed by atoms with Gasteiger partial charge < -0.3 is 14.5 Å². The van der Waals surface area contributed by atoms with Gasteiger partial charge in [-0.15, -0.1) is 11.3 Å². The van der Waals surface area contributed by atoms with E-state index in [1.54, 1.807) is 17.7 Å². The van der Waals surface area contributed by atoms with Crippen molar-refractivity contribution in [2.24, 2.45) is 0 Å². The van der Waals surface area contributed by atoms with Gasteiger partial charge in [0.2, 0.25) is 5.91 Å². The first-order chi connectivity index (χ1) is 11.7. The molecule has 0 N–H and O–H groups in total. The van der Waals surface area contributed by atoms with E-state index in [0.717, 1.165) is 28.9 Å². The number of aryl methyl sites for hydroxylation is 2. The molecule has 24 heavy (non-hydrogen) atoms. The molecule has 2 aromatic heterocycles. The summed E-state index contributed by atoms with van der Waals surface area (Å²) >= 11 is 1.79. The topological polar surface area (TPSA) is 58.6 Å². The lowest BCUT2D eigenvalue weighted by atomic mass is 9.97. The van der Waals surface area contributed by atoms with Gasteiger partial charge >= 0.3 is 0 Å². The van der Waals surface area contributed by atoms with Gasteiger partial charge in [0.05, 0.1) is 25.1 Å². The Bertz CT molecular complexity index is 754. The van der Waals surface area contributed by atoms with Gasteiger partial charge in [0.25, 0.3) is 0 Å². The minimum atomic E-state index is 0.136. The Morgan fingerprint density at radius 1 is 1.29 bits per heavy atom. The predicted octanol–water partition coefficient (Wildman–Crippen LogP) is 1.87. The van der Waals surface area contributed by atoms with Crippen molar-refractivity contribution < 1.29 is 9.53 Å². The highest BCUT2D eigenvalue weighted by Crippen LogP contribution is 2.38. The minimum absolute atomic E-state index is 0.136. The van der Waals surface area contributed by atoms with Crippen molar-refractivity contribution in [1.29, 1.82) is 0 Å². The van der Waals surface area contributed by atoms with Crippen LogP contribution in [0.1, 0.15) is 23.3 Å².